The molecule has 0 heterocycles. The number of carbonyl (C=O) groups is 11. The molecule has 2 atom stereocenters. The smallest absolute Gasteiger partial charge is 0.456 e. The summed E-state index contributed by atoms with van der Waals surface area (Å²) in [5.41, 5.74) is -4.45. The predicted molar refractivity (Wildman–Crippen MR) is 278 cm³/mol. The molecular weight excluding hydrogens is 1340 g/mol. The zero-order chi connectivity index (χ0) is 68.6. The number of hydrogen-bond acceptors (Lipinski definition) is 42. The van der Waals surface area contributed by atoms with Crippen molar-refractivity contribution in [1.82, 2.24) is 0 Å². The number of ether oxygens (including phenoxy) is 11. The minimum absolute atomic E-state index is 0.160. The molecule has 2 unspecified atom stereocenters. The van der Waals surface area contributed by atoms with Crippen molar-refractivity contribution in [3.05, 3.63) is 0 Å². The van der Waals surface area contributed by atoms with E-state index < -0.39 is 228 Å². The zero-order valence-electron chi connectivity index (χ0n) is 50.3. The lowest BCUT2D eigenvalue weighted by molar-refractivity contribution is -0.394. The molecule has 90 heavy (non-hydrogen) atoms. The minimum Gasteiger partial charge on any atom is -0.456 e. The maximum atomic E-state index is 16.0. The number of phosphoric ester groups is 5. The minimum atomic E-state index is -6.52. The number of carbonyl (C=O) groups excluding carboxylic acids is 11. The van der Waals surface area contributed by atoms with Crippen LogP contribution in [0, 0.1) is 0 Å². The summed E-state index contributed by atoms with van der Waals surface area (Å²) in [5.74, 6) is -22.9. The van der Waals surface area contributed by atoms with Crippen LogP contribution < -0.4 is 0 Å². The van der Waals surface area contributed by atoms with E-state index in [-0.39, 0.29) is 6.42 Å². The van der Waals surface area contributed by atoms with Gasteiger partial charge in [-0.05, 0) is 19.3 Å². The largest absolute Gasteiger partial charge is 0.483 e. The fraction of sp³-hybridized carbons (Fsp3) is 0.744. The highest BCUT2D eigenvalue weighted by molar-refractivity contribution is 7.50. The van der Waals surface area contributed by atoms with Gasteiger partial charge < -0.3 is 52.1 Å². The maximum absolute atomic E-state index is 16.0. The van der Waals surface area contributed by atoms with Crippen LogP contribution in [-0.2, 0) is 196 Å². The van der Waals surface area contributed by atoms with Crippen molar-refractivity contribution in [2.45, 2.75) is 145 Å². The molecule has 1 aliphatic carbocycles. The summed E-state index contributed by atoms with van der Waals surface area (Å²) in [6.45, 7) is -6.26. The van der Waals surface area contributed by atoms with Crippen LogP contribution in [0.2, 0.25) is 0 Å². The van der Waals surface area contributed by atoms with E-state index in [4.69, 9.17) is 120 Å². The Hall–Kier alpha value is -5.28. The third kappa shape index (κ3) is 30.0. The Balaban J connectivity index is 5.82. The van der Waals surface area contributed by atoms with Crippen molar-refractivity contribution in [3.8, 4) is 0 Å². The molecule has 0 saturated heterocycles. The number of esters is 11. The second-order valence-corrected chi connectivity index (χ2v) is 24.8. The van der Waals surface area contributed by atoms with Crippen LogP contribution >= 0.6 is 39.1 Å². The molecule has 0 aromatic heterocycles. The van der Waals surface area contributed by atoms with Gasteiger partial charge in [0.05, 0.1) is 0 Å². The van der Waals surface area contributed by atoms with Crippen molar-refractivity contribution >= 4 is 105 Å². The van der Waals surface area contributed by atoms with Gasteiger partial charge >= 0.3 is 105 Å². The van der Waals surface area contributed by atoms with Gasteiger partial charge in [0.2, 0.25) is 73.7 Å². The molecule has 0 spiro atoms. The number of hydrogen-bond donors (Lipinski definition) is 0. The summed E-state index contributed by atoms with van der Waals surface area (Å²) < 4.78 is 217. The number of rotatable bonds is 45. The van der Waals surface area contributed by atoms with Crippen molar-refractivity contribution < 1.29 is 196 Å². The molecule has 1 rings (SSSR count). The first-order valence-corrected chi connectivity index (χ1v) is 32.6. The van der Waals surface area contributed by atoms with Crippen LogP contribution in [0.5, 0.6) is 0 Å². The molecule has 0 N–H and O–H groups in total. The average Bonchev–Trinajstić information content (AvgIpc) is 0.682. The van der Waals surface area contributed by atoms with E-state index in [0.717, 1.165) is 76.2 Å². The molecule has 0 amide bonds. The van der Waals surface area contributed by atoms with E-state index in [1.165, 1.54) is 6.92 Å². The normalized spacial score (nSPS) is 16.5. The molecule has 1 saturated carbocycles. The predicted octanol–water partition coefficient (Wildman–Crippen LogP) is 5.42. The van der Waals surface area contributed by atoms with Gasteiger partial charge in [-0.2, -0.15) is 0 Å². The summed E-state index contributed by atoms with van der Waals surface area (Å²) in [4.78, 5) is 137. The van der Waals surface area contributed by atoms with Gasteiger partial charge in [-0.3, -0.25) is 57.3 Å². The van der Waals surface area contributed by atoms with E-state index in [1.54, 1.807) is 0 Å². The Morgan fingerprint density at radius 1 is 0.333 bits per heavy atom. The van der Waals surface area contributed by atoms with Gasteiger partial charge in [-0.15, -0.1) is 0 Å². The topological polar surface area (TPSA) is 513 Å². The molecular formula is C43H69O42P5. The lowest BCUT2D eigenvalue weighted by Gasteiger charge is -2.61. The molecule has 0 aromatic rings. The van der Waals surface area contributed by atoms with Gasteiger partial charge in [-0.25, -0.2) is 86.2 Å². The summed E-state index contributed by atoms with van der Waals surface area (Å²) >= 11 is 0. The van der Waals surface area contributed by atoms with Crippen molar-refractivity contribution in [2.24, 2.45) is 0 Å². The zero-order valence-corrected chi connectivity index (χ0v) is 54.7. The molecule has 1 fully saturated rings. The van der Waals surface area contributed by atoms with Gasteiger partial charge in [0.25, 0.3) is 5.79 Å². The first-order valence-electron chi connectivity index (χ1n) is 25.3. The van der Waals surface area contributed by atoms with Crippen molar-refractivity contribution in [1.29, 1.82) is 0 Å². The summed E-state index contributed by atoms with van der Waals surface area (Å²) in [6, 6.07) is 0. The second-order valence-electron chi connectivity index (χ2n) is 16.8. The van der Waals surface area contributed by atoms with Crippen LogP contribution in [0.4, 0.5) is 0 Å². The highest BCUT2D eigenvalue weighted by Crippen LogP contribution is 2.75. The summed E-state index contributed by atoms with van der Waals surface area (Å²) in [5, 5.41) is 0. The van der Waals surface area contributed by atoms with Gasteiger partial charge in [0.1, 0.15) is 0 Å². The Bertz CT molecular complexity index is 2470. The van der Waals surface area contributed by atoms with E-state index in [0.29, 0.717) is 0 Å². The molecule has 0 radical (unpaired) electrons. The lowest BCUT2D eigenvalue weighted by atomic mass is 9.70. The highest BCUT2D eigenvalue weighted by atomic mass is 31.2. The Labute approximate surface area is 512 Å². The molecule has 47 heteroatoms. The van der Waals surface area contributed by atoms with Crippen LogP contribution in [-0.4, -0.2) is 157 Å². The molecule has 518 valence electrons. The van der Waals surface area contributed by atoms with Gasteiger partial charge in [0, 0.05) is 82.1 Å². The highest BCUT2D eigenvalue weighted by Gasteiger charge is 2.82. The van der Waals surface area contributed by atoms with Crippen LogP contribution in [0.3, 0.4) is 0 Å². The van der Waals surface area contributed by atoms with Crippen LogP contribution in [0.15, 0.2) is 0 Å². The summed E-state index contributed by atoms with van der Waals surface area (Å²) in [6.07, 6.45) is -9.39. The van der Waals surface area contributed by atoms with Gasteiger partial charge in [-0.1, -0.05) is 20.3 Å². The van der Waals surface area contributed by atoms with Crippen molar-refractivity contribution in [2.75, 3.05) is 67.9 Å². The van der Waals surface area contributed by atoms with E-state index in [2.05, 4.69) is 0 Å². The first-order chi connectivity index (χ1) is 41.8. The third-order valence-electron chi connectivity index (χ3n) is 9.68. The van der Waals surface area contributed by atoms with E-state index in [9.17, 15) is 52.7 Å². The van der Waals surface area contributed by atoms with Crippen LogP contribution in [0.25, 0.3) is 0 Å². The molecule has 1 aliphatic rings. The maximum Gasteiger partial charge on any atom is 0.483 e. The molecule has 42 nitrogen and oxygen atoms in total. The number of phosphoric acid groups is 5. The second kappa shape index (κ2) is 39.3. The first kappa shape index (κ1) is 82.7. The molecule has 0 aliphatic heterocycles. The molecule has 0 aromatic carbocycles. The summed E-state index contributed by atoms with van der Waals surface area (Å²) in [7, 11) is -32.3. The SMILES string of the molecule is CCCC(=O)OC1CCC(OP(=O)(OCOC(C)=O)OCOC(C)=O)(OP(=O)(OCOC(C)=O)OCOC(C)=O)C(CCC)(OP(=O)(OCOC(C)=O)OCOC(C)=O)C1(OP(=O)(OCOC(C)=O)OCOC(C)=O)OP(=O)(OCOC(C)=O)OCOC(C)=O. The fourth-order valence-corrected chi connectivity index (χ4v) is 12.4. The Morgan fingerprint density at radius 3 is 0.767 bits per heavy atom. The van der Waals surface area contributed by atoms with E-state index in [1.807, 2.05) is 0 Å². The quantitative estimate of drug-likeness (QED) is 0.0318. The Morgan fingerprint density at radius 2 is 0.556 bits per heavy atom. The van der Waals surface area contributed by atoms with Gasteiger partial charge in [0.15, 0.2) is 11.7 Å². The third-order valence-corrected chi connectivity index (χ3v) is 16.5. The van der Waals surface area contributed by atoms with Crippen molar-refractivity contribution in [3.63, 3.8) is 0 Å². The average molecular weight is 1410 g/mol. The fourth-order valence-electron chi connectivity index (χ4n) is 6.30. The lowest BCUT2D eigenvalue weighted by Crippen LogP contribution is -2.78. The standard InChI is InChI=1S/C43H69O42P5/c1-13-15-40(54)80-39-16-18-42(82-87(56,72-21-62-31(5)46)73-22-63-32(6)47,83-88(57,74-23-64-33(7)48)75-24-65-34(8)49)41(17-14-2,81-86(55,70-19-60-29(3)44)71-20-61-30(4)45)43(39,84-89(58,76-25-66-35(9)50)77-26-67-36(10)51)85-90(59,78-27-68-37(11)52)79-28-69-38(12)53/h39H,13-28H2,1-12H3. The van der Waals surface area contributed by atoms with E-state index >= 15 is 22.8 Å². The van der Waals surface area contributed by atoms with Crippen LogP contribution in [0.1, 0.15) is 122 Å². The Kier molecular flexibility index (Phi) is 36.1. The monoisotopic (exact) mass is 1410 g/mol. The molecule has 0 bridgehead atoms.